The fourth-order valence-electron chi connectivity index (χ4n) is 2.39. The van der Waals surface area contributed by atoms with Gasteiger partial charge in [-0.05, 0) is 14.1 Å². The molecule has 2 heterocycles. The van der Waals surface area contributed by atoms with E-state index in [1.165, 1.54) is 0 Å². The molecule has 17 heavy (non-hydrogen) atoms. The summed E-state index contributed by atoms with van der Waals surface area (Å²) in [5, 5.41) is 3.46. The van der Waals surface area contributed by atoms with Gasteiger partial charge in [0, 0.05) is 39.3 Å². The summed E-state index contributed by atoms with van der Waals surface area (Å²) in [4.78, 5) is 4.64. The van der Waals surface area contributed by atoms with Crippen LogP contribution in [-0.2, 0) is 9.47 Å². The van der Waals surface area contributed by atoms with Crippen molar-refractivity contribution in [2.75, 3.05) is 66.6 Å². The minimum atomic E-state index is 0.329. The second-order valence-electron chi connectivity index (χ2n) is 5.17. The van der Waals surface area contributed by atoms with Gasteiger partial charge in [0.15, 0.2) is 0 Å². The molecule has 2 aliphatic rings. The van der Waals surface area contributed by atoms with Gasteiger partial charge in [-0.2, -0.15) is 0 Å². The molecule has 0 bridgehead atoms. The zero-order chi connectivity index (χ0) is 12.1. The molecule has 0 aromatic carbocycles. The van der Waals surface area contributed by atoms with Gasteiger partial charge in [-0.25, -0.2) is 0 Å². The smallest absolute Gasteiger partial charge is 0.0826 e. The van der Waals surface area contributed by atoms with Crippen LogP contribution < -0.4 is 5.32 Å². The van der Waals surface area contributed by atoms with E-state index in [1.54, 1.807) is 0 Å². The molecular formula is C12H25N3O2. The zero-order valence-corrected chi connectivity index (χ0v) is 11.0. The Morgan fingerprint density at radius 2 is 1.41 bits per heavy atom. The van der Waals surface area contributed by atoms with Crippen molar-refractivity contribution < 1.29 is 9.47 Å². The third-order valence-electron chi connectivity index (χ3n) is 3.43. The maximum atomic E-state index is 5.70. The van der Waals surface area contributed by atoms with Crippen molar-refractivity contribution in [3.63, 3.8) is 0 Å². The number of likely N-dealkylation sites (N-methyl/N-ethyl adjacent to an activating group) is 2. The fraction of sp³-hybridized carbons (Fsp3) is 1.00. The molecule has 2 aliphatic heterocycles. The predicted octanol–water partition coefficient (Wildman–Crippen LogP) is -0.763. The quantitative estimate of drug-likeness (QED) is 0.702. The molecule has 0 aromatic rings. The van der Waals surface area contributed by atoms with Crippen LogP contribution in [0, 0.1) is 0 Å². The van der Waals surface area contributed by atoms with Gasteiger partial charge in [0.05, 0.1) is 25.4 Å². The molecule has 100 valence electrons. The Balaban J connectivity index is 1.58. The van der Waals surface area contributed by atoms with Crippen molar-refractivity contribution in [1.29, 1.82) is 0 Å². The van der Waals surface area contributed by atoms with Crippen LogP contribution in [0.2, 0.25) is 0 Å². The molecule has 0 radical (unpaired) electrons. The van der Waals surface area contributed by atoms with Gasteiger partial charge in [-0.3, -0.25) is 0 Å². The highest BCUT2D eigenvalue weighted by Crippen LogP contribution is 2.03. The monoisotopic (exact) mass is 243 g/mol. The third-order valence-corrected chi connectivity index (χ3v) is 3.43. The van der Waals surface area contributed by atoms with Crippen LogP contribution in [0.1, 0.15) is 0 Å². The highest BCUT2D eigenvalue weighted by molar-refractivity contribution is 4.75. The molecule has 0 amide bonds. The standard InChI is InChI=1S/C12H25N3O2/c1-14-3-5-16-11(9-14)7-13-8-12-10-15(2)4-6-17-12/h11-13H,3-10H2,1-2H3. The van der Waals surface area contributed by atoms with Crippen LogP contribution in [0.4, 0.5) is 0 Å². The minimum Gasteiger partial charge on any atom is -0.374 e. The molecule has 1 N–H and O–H groups in total. The largest absolute Gasteiger partial charge is 0.374 e. The second kappa shape index (κ2) is 6.66. The highest BCUT2D eigenvalue weighted by Gasteiger charge is 2.20. The maximum absolute atomic E-state index is 5.70. The van der Waals surface area contributed by atoms with Crippen molar-refractivity contribution >= 4 is 0 Å². The summed E-state index contributed by atoms with van der Waals surface area (Å²) in [6.45, 7) is 7.70. The summed E-state index contributed by atoms with van der Waals surface area (Å²) >= 11 is 0. The molecule has 5 heteroatoms. The van der Waals surface area contributed by atoms with Crippen LogP contribution in [0.15, 0.2) is 0 Å². The average Bonchev–Trinajstić information content (AvgIpc) is 2.29. The fourth-order valence-corrected chi connectivity index (χ4v) is 2.39. The molecule has 2 fully saturated rings. The van der Waals surface area contributed by atoms with Gasteiger partial charge in [-0.1, -0.05) is 0 Å². The first-order chi connectivity index (χ1) is 8.24. The Morgan fingerprint density at radius 3 is 1.82 bits per heavy atom. The third kappa shape index (κ3) is 4.52. The summed E-state index contributed by atoms with van der Waals surface area (Å²) < 4.78 is 11.4. The van der Waals surface area contributed by atoms with E-state index in [1.807, 2.05) is 0 Å². The number of hydrogen-bond acceptors (Lipinski definition) is 5. The van der Waals surface area contributed by atoms with Crippen molar-refractivity contribution in [1.82, 2.24) is 15.1 Å². The Kier molecular flexibility index (Phi) is 5.18. The Labute approximate surface area is 104 Å². The van der Waals surface area contributed by atoms with E-state index in [0.29, 0.717) is 12.2 Å². The number of rotatable bonds is 4. The van der Waals surface area contributed by atoms with Gasteiger partial charge in [0.1, 0.15) is 0 Å². The lowest BCUT2D eigenvalue weighted by molar-refractivity contribution is -0.0315. The molecule has 2 saturated heterocycles. The average molecular weight is 243 g/mol. The number of nitrogens with zero attached hydrogens (tertiary/aromatic N) is 2. The summed E-state index contributed by atoms with van der Waals surface area (Å²) in [6.07, 6.45) is 0.658. The number of ether oxygens (including phenoxy) is 2. The van der Waals surface area contributed by atoms with Crippen LogP contribution in [0.5, 0.6) is 0 Å². The topological polar surface area (TPSA) is 37.0 Å². The van der Waals surface area contributed by atoms with Crippen molar-refractivity contribution in [3.05, 3.63) is 0 Å². The van der Waals surface area contributed by atoms with E-state index >= 15 is 0 Å². The van der Waals surface area contributed by atoms with E-state index in [2.05, 4.69) is 29.2 Å². The van der Waals surface area contributed by atoms with Crippen molar-refractivity contribution in [3.8, 4) is 0 Å². The maximum Gasteiger partial charge on any atom is 0.0826 e. The molecule has 0 saturated carbocycles. The molecule has 2 unspecified atom stereocenters. The van der Waals surface area contributed by atoms with E-state index in [-0.39, 0.29) is 0 Å². The normalized spacial score (nSPS) is 32.8. The molecule has 0 aliphatic carbocycles. The molecule has 0 spiro atoms. The van der Waals surface area contributed by atoms with Crippen LogP contribution in [-0.4, -0.2) is 88.6 Å². The summed E-state index contributed by atoms with van der Waals surface area (Å²) in [5.74, 6) is 0. The first-order valence-electron chi connectivity index (χ1n) is 6.55. The predicted molar refractivity (Wildman–Crippen MR) is 67.3 cm³/mol. The van der Waals surface area contributed by atoms with Crippen LogP contribution in [0.3, 0.4) is 0 Å². The highest BCUT2D eigenvalue weighted by atomic mass is 16.5. The lowest BCUT2D eigenvalue weighted by Crippen LogP contribution is -2.48. The van der Waals surface area contributed by atoms with Gasteiger partial charge in [0.25, 0.3) is 0 Å². The summed E-state index contributed by atoms with van der Waals surface area (Å²) in [6, 6.07) is 0. The lowest BCUT2D eigenvalue weighted by Gasteiger charge is -2.32. The molecular weight excluding hydrogens is 218 g/mol. The minimum absolute atomic E-state index is 0.329. The van der Waals surface area contributed by atoms with E-state index in [0.717, 1.165) is 52.5 Å². The molecule has 5 nitrogen and oxygen atoms in total. The SMILES string of the molecule is CN1CCOC(CNCC2CN(C)CCO2)C1. The number of hydrogen-bond donors (Lipinski definition) is 1. The van der Waals surface area contributed by atoms with Crippen LogP contribution >= 0.6 is 0 Å². The van der Waals surface area contributed by atoms with E-state index < -0.39 is 0 Å². The lowest BCUT2D eigenvalue weighted by atomic mass is 10.2. The Morgan fingerprint density at radius 1 is 0.941 bits per heavy atom. The number of nitrogens with one attached hydrogen (secondary N) is 1. The molecule has 2 atom stereocenters. The first kappa shape index (κ1) is 13.2. The van der Waals surface area contributed by atoms with Gasteiger partial charge < -0.3 is 24.6 Å². The van der Waals surface area contributed by atoms with Gasteiger partial charge >= 0.3 is 0 Å². The second-order valence-corrected chi connectivity index (χ2v) is 5.17. The number of morpholine rings is 2. The van der Waals surface area contributed by atoms with Gasteiger partial charge in [-0.15, -0.1) is 0 Å². The molecule has 2 rings (SSSR count). The Bertz CT molecular complexity index is 206. The summed E-state index contributed by atoms with van der Waals surface area (Å²) in [5.41, 5.74) is 0. The van der Waals surface area contributed by atoms with Crippen LogP contribution in [0.25, 0.3) is 0 Å². The van der Waals surface area contributed by atoms with E-state index in [4.69, 9.17) is 9.47 Å². The summed E-state index contributed by atoms with van der Waals surface area (Å²) in [7, 11) is 4.30. The Hall–Kier alpha value is -0.200. The van der Waals surface area contributed by atoms with Gasteiger partial charge in [0.2, 0.25) is 0 Å². The van der Waals surface area contributed by atoms with E-state index in [9.17, 15) is 0 Å². The van der Waals surface area contributed by atoms with Crippen molar-refractivity contribution in [2.24, 2.45) is 0 Å². The first-order valence-corrected chi connectivity index (χ1v) is 6.55. The zero-order valence-electron chi connectivity index (χ0n) is 11.0. The van der Waals surface area contributed by atoms with Crippen molar-refractivity contribution in [2.45, 2.75) is 12.2 Å². The molecule has 0 aromatic heterocycles.